The van der Waals surface area contributed by atoms with Crippen LogP contribution in [-0.2, 0) is 4.79 Å². The highest BCUT2D eigenvalue weighted by atomic mass is 79.9. The van der Waals surface area contributed by atoms with Crippen molar-refractivity contribution in [3.8, 4) is 0 Å². The molecule has 0 aliphatic heterocycles. The molecule has 1 N–H and O–H groups in total. The molecule has 0 saturated heterocycles. The van der Waals surface area contributed by atoms with Gasteiger partial charge in [-0.25, -0.2) is 0 Å². The highest BCUT2D eigenvalue weighted by molar-refractivity contribution is 9.09. The average Bonchev–Trinajstić information content (AvgIpc) is 2.31. The molecule has 0 fully saturated rings. The number of hydrogen-bond acceptors (Lipinski definition) is 2. The van der Waals surface area contributed by atoms with Crippen LogP contribution in [0.5, 0.6) is 0 Å². The summed E-state index contributed by atoms with van der Waals surface area (Å²) in [7, 11) is 0. The smallest absolute Gasteiger partial charge is 0.142 e. The second kappa shape index (κ2) is 5.98. The number of ketones is 1. The van der Waals surface area contributed by atoms with Gasteiger partial charge in [-0.15, -0.1) is 0 Å². The summed E-state index contributed by atoms with van der Waals surface area (Å²) in [5, 5.41) is 11.0. The van der Waals surface area contributed by atoms with Gasteiger partial charge in [-0.1, -0.05) is 35.2 Å². The van der Waals surface area contributed by atoms with E-state index in [9.17, 15) is 9.90 Å². The lowest BCUT2D eigenvalue weighted by molar-refractivity contribution is -0.126. The molecule has 1 aliphatic rings. The zero-order chi connectivity index (χ0) is 13.9. The molecule has 0 aromatic heterocycles. The minimum absolute atomic E-state index is 0.198. The lowest BCUT2D eigenvalue weighted by Crippen LogP contribution is -2.35. The Kier molecular flexibility index (Phi) is 5.11. The topological polar surface area (TPSA) is 37.3 Å². The van der Waals surface area contributed by atoms with Crippen molar-refractivity contribution in [1.29, 1.82) is 0 Å². The van der Waals surface area contributed by atoms with Crippen LogP contribution in [0.3, 0.4) is 0 Å². The molecule has 0 bridgehead atoms. The van der Waals surface area contributed by atoms with Gasteiger partial charge in [0, 0.05) is 23.6 Å². The summed E-state index contributed by atoms with van der Waals surface area (Å²) in [5.41, 5.74) is 1.97. The first-order valence-electron chi connectivity index (χ1n) is 6.14. The molecular weight excluding hydrogens is 292 g/mol. The van der Waals surface area contributed by atoms with Gasteiger partial charge in [0.25, 0.3) is 0 Å². The predicted octanol–water partition coefficient (Wildman–Crippen LogP) is 3.56. The van der Waals surface area contributed by atoms with Gasteiger partial charge in [-0.2, -0.15) is 0 Å². The zero-order valence-electron chi connectivity index (χ0n) is 11.1. The largest absolute Gasteiger partial charge is 0.388 e. The maximum absolute atomic E-state index is 11.9. The standard InChI is InChI=1S/C15H21BrO2/c1-10(11(2)9-16)8-13(17)12-6-5-7-14(18)15(12,3)4/h6,13,17H,1-2,5,7-9H2,3-4H3. The third-order valence-corrected chi connectivity index (χ3v) is 4.29. The summed E-state index contributed by atoms with van der Waals surface area (Å²) in [6, 6.07) is 0. The van der Waals surface area contributed by atoms with E-state index in [1.54, 1.807) is 0 Å². The quantitative estimate of drug-likeness (QED) is 0.479. The SMILES string of the molecule is C=C(CBr)C(=C)CC(O)C1=CCCC(=O)C1(C)C. The van der Waals surface area contributed by atoms with Gasteiger partial charge in [-0.05, 0) is 37.0 Å². The number of carbonyl (C=O) groups excluding carboxylic acids is 1. The van der Waals surface area contributed by atoms with Crippen LogP contribution in [0, 0.1) is 5.41 Å². The van der Waals surface area contributed by atoms with Crippen LogP contribution < -0.4 is 0 Å². The average molecular weight is 313 g/mol. The van der Waals surface area contributed by atoms with E-state index in [0.29, 0.717) is 18.2 Å². The molecule has 0 amide bonds. The lowest BCUT2D eigenvalue weighted by atomic mass is 9.71. The molecule has 2 nitrogen and oxygen atoms in total. The fourth-order valence-electron chi connectivity index (χ4n) is 2.22. The van der Waals surface area contributed by atoms with Crippen molar-refractivity contribution in [3.05, 3.63) is 36.0 Å². The summed E-state index contributed by atoms with van der Waals surface area (Å²) < 4.78 is 0. The predicted molar refractivity (Wildman–Crippen MR) is 78.8 cm³/mol. The summed E-state index contributed by atoms with van der Waals surface area (Å²) >= 11 is 3.32. The number of aliphatic hydroxyl groups excluding tert-OH is 1. The number of halogens is 1. The van der Waals surface area contributed by atoms with Crippen LogP contribution in [0.25, 0.3) is 0 Å². The zero-order valence-corrected chi connectivity index (χ0v) is 12.7. The van der Waals surface area contributed by atoms with Crippen LogP contribution in [0.1, 0.15) is 33.1 Å². The van der Waals surface area contributed by atoms with Gasteiger partial charge < -0.3 is 5.11 Å². The molecular formula is C15H21BrO2. The number of alkyl halides is 1. The van der Waals surface area contributed by atoms with Crippen LogP contribution in [0.4, 0.5) is 0 Å². The monoisotopic (exact) mass is 312 g/mol. The minimum Gasteiger partial charge on any atom is -0.388 e. The van der Waals surface area contributed by atoms with E-state index in [-0.39, 0.29) is 5.78 Å². The van der Waals surface area contributed by atoms with Gasteiger partial charge in [0.05, 0.1) is 6.10 Å². The van der Waals surface area contributed by atoms with E-state index >= 15 is 0 Å². The number of allylic oxidation sites excluding steroid dienone is 2. The maximum atomic E-state index is 11.9. The number of carbonyl (C=O) groups is 1. The Bertz CT molecular complexity index is 405. The van der Waals surface area contributed by atoms with Crippen molar-refractivity contribution < 1.29 is 9.90 Å². The first-order chi connectivity index (χ1) is 8.30. The second-order valence-corrected chi connectivity index (χ2v) is 5.87. The minimum atomic E-state index is -0.646. The molecule has 0 heterocycles. The Morgan fingerprint density at radius 2 is 2.11 bits per heavy atom. The lowest BCUT2D eigenvalue weighted by Gasteiger charge is -2.33. The van der Waals surface area contributed by atoms with Crippen molar-refractivity contribution in [1.82, 2.24) is 0 Å². The molecule has 1 rings (SSSR count). The molecule has 3 heteroatoms. The van der Waals surface area contributed by atoms with Crippen LogP contribution in [0.15, 0.2) is 36.0 Å². The van der Waals surface area contributed by atoms with Crippen LogP contribution in [0.2, 0.25) is 0 Å². The van der Waals surface area contributed by atoms with Gasteiger partial charge >= 0.3 is 0 Å². The molecule has 1 atom stereocenters. The first-order valence-corrected chi connectivity index (χ1v) is 7.26. The molecule has 1 aliphatic carbocycles. The fraction of sp³-hybridized carbons (Fsp3) is 0.533. The summed E-state index contributed by atoms with van der Waals surface area (Å²) in [4.78, 5) is 11.9. The molecule has 0 radical (unpaired) electrons. The highest BCUT2D eigenvalue weighted by Crippen LogP contribution is 2.37. The van der Waals surface area contributed by atoms with E-state index in [4.69, 9.17) is 0 Å². The van der Waals surface area contributed by atoms with Crippen molar-refractivity contribution in [2.75, 3.05) is 5.33 Å². The van der Waals surface area contributed by atoms with Crippen LogP contribution >= 0.6 is 15.9 Å². The molecule has 1 unspecified atom stereocenters. The summed E-state index contributed by atoms with van der Waals surface area (Å²) in [6.07, 6.45) is 3.08. The molecule has 0 aromatic rings. The summed E-state index contributed by atoms with van der Waals surface area (Å²) in [6.45, 7) is 11.6. The van der Waals surface area contributed by atoms with E-state index in [1.165, 1.54) is 0 Å². The van der Waals surface area contributed by atoms with Crippen LogP contribution in [-0.4, -0.2) is 22.3 Å². The van der Waals surface area contributed by atoms with E-state index in [2.05, 4.69) is 29.1 Å². The Labute approximate surface area is 118 Å². The normalized spacial score (nSPS) is 20.2. The molecule has 0 saturated carbocycles. The van der Waals surface area contributed by atoms with E-state index in [0.717, 1.165) is 23.1 Å². The molecule has 18 heavy (non-hydrogen) atoms. The van der Waals surface area contributed by atoms with Crippen molar-refractivity contribution in [2.45, 2.75) is 39.2 Å². The highest BCUT2D eigenvalue weighted by Gasteiger charge is 2.37. The van der Waals surface area contributed by atoms with Crippen molar-refractivity contribution in [2.24, 2.45) is 5.41 Å². The van der Waals surface area contributed by atoms with Crippen molar-refractivity contribution in [3.63, 3.8) is 0 Å². The van der Waals surface area contributed by atoms with Gasteiger partial charge in [-0.3, -0.25) is 4.79 Å². The maximum Gasteiger partial charge on any atom is 0.142 e. The van der Waals surface area contributed by atoms with E-state index in [1.807, 2.05) is 19.9 Å². The Morgan fingerprint density at radius 1 is 1.50 bits per heavy atom. The first kappa shape index (κ1) is 15.4. The number of aliphatic hydroxyl groups is 1. The Hall–Kier alpha value is -0.670. The Balaban J connectivity index is 2.81. The number of Topliss-reactive ketones (excluding diaryl/α,β-unsaturated/α-hetero) is 1. The molecule has 100 valence electrons. The van der Waals surface area contributed by atoms with Gasteiger partial charge in [0.1, 0.15) is 5.78 Å². The van der Waals surface area contributed by atoms with Crippen molar-refractivity contribution >= 4 is 21.7 Å². The second-order valence-electron chi connectivity index (χ2n) is 5.31. The molecule has 0 spiro atoms. The van der Waals surface area contributed by atoms with Gasteiger partial charge in [0.2, 0.25) is 0 Å². The third kappa shape index (κ3) is 3.21. The Morgan fingerprint density at radius 3 is 2.67 bits per heavy atom. The van der Waals surface area contributed by atoms with E-state index < -0.39 is 11.5 Å². The van der Waals surface area contributed by atoms with Gasteiger partial charge in [0.15, 0.2) is 0 Å². The fourth-order valence-corrected chi connectivity index (χ4v) is 2.62. The summed E-state index contributed by atoms with van der Waals surface area (Å²) in [5.74, 6) is 0.198. The third-order valence-electron chi connectivity index (χ3n) is 3.61. The molecule has 0 aromatic carbocycles. The number of hydrogen-bond donors (Lipinski definition) is 1. The number of rotatable bonds is 5.